The fraction of sp³-hybridized carbons (Fsp3) is 0.0909. The predicted molar refractivity (Wildman–Crippen MR) is 68.3 cm³/mol. The minimum atomic E-state index is 0.145. The van der Waals surface area contributed by atoms with Crippen molar-refractivity contribution in [2.45, 2.75) is 6.92 Å². The monoisotopic (exact) mass is 288 g/mol. The Balaban J connectivity index is 2.30. The average Bonchev–Trinajstić information content (AvgIpc) is 2.29. The topological polar surface area (TPSA) is 35.0 Å². The molecule has 2 aromatic rings. The third-order valence-electron chi connectivity index (χ3n) is 1.95. The Kier molecular flexibility index (Phi) is 3.72. The van der Waals surface area contributed by atoms with Crippen LogP contribution in [0.2, 0.25) is 15.2 Å². The van der Waals surface area contributed by atoms with Crippen molar-refractivity contribution in [2.75, 3.05) is 0 Å². The van der Waals surface area contributed by atoms with Gasteiger partial charge < -0.3 is 4.74 Å². The van der Waals surface area contributed by atoms with Crippen molar-refractivity contribution in [3.8, 4) is 11.6 Å². The number of aryl methyl sites for hydroxylation is 1. The molecule has 0 aromatic carbocycles. The van der Waals surface area contributed by atoms with E-state index in [-0.39, 0.29) is 16.1 Å². The Bertz CT molecular complexity index is 543. The number of aromatic nitrogens is 2. The fourth-order valence-electron chi connectivity index (χ4n) is 1.13. The Morgan fingerprint density at radius 2 is 1.88 bits per heavy atom. The third-order valence-corrected chi connectivity index (χ3v) is 2.90. The van der Waals surface area contributed by atoms with E-state index in [4.69, 9.17) is 39.5 Å². The van der Waals surface area contributed by atoms with Crippen molar-refractivity contribution >= 4 is 34.8 Å². The summed E-state index contributed by atoms with van der Waals surface area (Å²) < 4.78 is 5.45. The van der Waals surface area contributed by atoms with Crippen LogP contribution in [0.5, 0.6) is 11.6 Å². The van der Waals surface area contributed by atoms with Gasteiger partial charge in [-0.3, -0.25) is 4.98 Å². The summed E-state index contributed by atoms with van der Waals surface area (Å²) >= 11 is 17.5. The molecule has 0 N–H and O–H groups in total. The molecule has 0 amide bonds. The molecule has 17 heavy (non-hydrogen) atoms. The molecular formula is C11H7Cl3N2O. The molecule has 0 unspecified atom stereocenters. The second-order valence-corrected chi connectivity index (χ2v) is 4.46. The van der Waals surface area contributed by atoms with Gasteiger partial charge in [-0.05, 0) is 25.1 Å². The molecule has 2 heterocycles. The molecular weight excluding hydrogens is 282 g/mol. The van der Waals surface area contributed by atoms with Crippen LogP contribution in [-0.2, 0) is 0 Å². The van der Waals surface area contributed by atoms with Crippen LogP contribution in [-0.4, -0.2) is 9.97 Å². The lowest BCUT2D eigenvalue weighted by Gasteiger charge is -2.07. The first kappa shape index (κ1) is 12.4. The standard InChI is InChI=1S/C11H7Cl3N2O/c1-6-2-3-7(5-15-6)17-11-9(13)4-8(12)10(14)16-11/h2-5H,1H3. The van der Waals surface area contributed by atoms with Crippen LogP contribution in [0.1, 0.15) is 5.69 Å². The highest BCUT2D eigenvalue weighted by atomic mass is 35.5. The van der Waals surface area contributed by atoms with E-state index >= 15 is 0 Å². The summed E-state index contributed by atoms with van der Waals surface area (Å²) in [7, 11) is 0. The lowest BCUT2D eigenvalue weighted by Crippen LogP contribution is -1.91. The molecule has 0 saturated heterocycles. The predicted octanol–water partition coefficient (Wildman–Crippen LogP) is 4.54. The van der Waals surface area contributed by atoms with Crippen LogP contribution >= 0.6 is 34.8 Å². The van der Waals surface area contributed by atoms with E-state index in [0.29, 0.717) is 10.8 Å². The van der Waals surface area contributed by atoms with Gasteiger partial charge in [-0.15, -0.1) is 0 Å². The lowest BCUT2D eigenvalue weighted by molar-refractivity contribution is 0.461. The second kappa shape index (κ2) is 5.08. The molecule has 0 bridgehead atoms. The lowest BCUT2D eigenvalue weighted by atomic mass is 10.4. The van der Waals surface area contributed by atoms with E-state index in [9.17, 15) is 0 Å². The van der Waals surface area contributed by atoms with Crippen molar-refractivity contribution in [3.63, 3.8) is 0 Å². The van der Waals surface area contributed by atoms with Crippen molar-refractivity contribution < 1.29 is 4.74 Å². The fourth-order valence-corrected chi connectivity index (χ4v) is 1.65. The minimum Gasteiger partial charge on any atom is -0.436 e. The number of ether oxygens (including phenoxy) is 1. The summed E-state index contributed by atoms with van der Waals surface area (Å²) in [4.78, 5) is 8.03. The van der Waals surface area contributed by atoms with Crippen LogP contribution in [0.4, 0.5) is 0 Å². The van der Waals surface area contributed by atoms with Crippen molar-refractivity contribution in [3.05, 3.63) is 45.3 Å². The van der Waals surface area contributed by atoms with Crippen molar-refractivity contribution in [1.29, 1.82) is 0 Å². The van der Waals surface area contributed by atoms with Gasteiger partial charge in [0.05, 0.1) is 11.2 Å². The highest BCUT2D eigenvalue weighted by molar-refractivity contribution is 6.42. The second-order valence-electron chi connectivity index (χ2n) is 3.29. The van der Waals surface area contributed by atoms with E-state index in [1.54, 1.807) is 12.3 Å². The summed E-state index contributed by atoms with van der Waals surface area (Å²) in [6.45, 7) is 1.88. The maximum Gasteiger partial charge on any atom is 0.239 e. The van der Waals surface area contributed by atoms with E-state index < -0.39 is 0 Å². The summed E-state index contributed by atoms with van der Waals surface area (Å²) in [5, 5.41) is 0.720. The molecule has 0 spiro atoms. The quantitative estimate of drug-likeness (QED) is 0.761. The van der Waals surface area contributed by atoms with E-state index in [1.165, 1.54) is 6.07 Å². The van der Waals surface area contributed by atoms with Gasteiger partial charge in [0.25, 0.3) is 0 Å². The van der Waals surface area contributed by atoms with Gasteiger partial charge in [-0.2, -0.15) is 4.98 Å². The van der Waals surface area contributed by atoms with Gasteiger partial charge in [0, 0.05) is 5.69 Å². The van der Waals surface area contributed by atoms with Crippen LogP contribution in [0.15, 0.2) is 24.4 Å². The van der Waals surface area contributed by atoms with Gasteiger partial charge in [-0.1, -0.05) is 34.8 Å². The zero-order valence-electron chi connectivity index (χ0n) is 8.75. The first-order valence-corrected chi connectivity index (χ1v) is 5.81. The van der Waals surface area contributed by atoms with Crippen LogP contribution in [0.25, 0.3) is 0 Å². The van der Waals surface area contributed by atoms with Crippen molar-refractivity contribution in [1.82, 2.24) is 9.97 Å². The van der Waals surface area contributed by atoms with Gasteiger partial charge in [0.15, 0.2) is 5.15 Å². The Hall–Kier alpha value is -1.03. The normalized spacial score (nSPS) is 10.4. The number of hydrogen-bond donors (Lipinski definition) is 0. The Morgan fingerprint density at radius 3 is 2.53 bits per heavy atom. The van der Waals surface area contributed by atoms with Gasteiger partial charge >= 0.3 is 0 Å². The molecule has 3 nitrogen and oxygen atoms in total. The molecule has 0 aliphatic carbocycles. The first-order valence-electron chi connectivity index (χ1n) is 4.68. The number of rotatable bonds is 2. The molecule has 88 valence electrons. The summed E-state index contributed by atoms with van der Waals surface area (Å²) in [5.41, 5.74) is 0.894. The molecule has 2 rings (SSSR count). The van der Waals surface area contributed by atoms with E-state index in [2.05, 4.69) is 9.97 Å². The Labute approximate surface area is 113 Å². The van der Waals surface area contributed by atoms with E-state index in [1.807, 2.05) is 13.0 Å². The smallest absolute Gasteiger partial charge is 0.239 e. The van der Waals surface area contributed by atoms with Crippen LogP contribution < -0.4 is 4.74 Å². The maximum absolute atomic E-state index is 5.93. The number of halogens is 3. The molecule has 0 fully saturated rings. The number of pyridine rings is 2. The maximum atomic E-state index is 5.93. The molecule has 6 heteroatoms. The molecule has 0 saturated carbocycles. The SMILES string of the molecule is Cc1ccc(Oc2nc(Cl)c(Cl)cc2Cl)cn1. The molecule has 0 atom stereocenters. The van der Waals surface area contributed by atoms with E-state index in [0.717, 1.165) is 5.69 Å². The minimum absolute atomic E-state index is 0.145. The largest absolute Gasteiger partial charge is 0.436 e. The first-order chi connectivity index (χ1) is 8.06. The summed E-state index contributed by atoms with van der Waals surface area (Å²) in [6, 6.07) is 5.07. The third kappa shape index (κ3) is 3.00. The number of hydrogen-bond acceptors (Lipinski definition) is 3. The molecule has 0 radical (unpaired) electrons. The molecule has 0 aliphatic heterocycles. The van der Waals surface area contributed by atoms with Gasteiger partial charge in [0.2, 0.25) is 5.88 Å². The van der Waals surface area contributed by atoms with Crippen LogP contribution in [0, 0.1) is 6.92 Å². The highest BCUT2D eigenvalue weighted by Crippen LogP contribution is 2.32. The van der Waals surface area contributed by atoms with Gasteiger partial charge in [-0.25, -0.2) is 0 Å². The number of nitrogens with zero attached hydrogens (tertiary/aromatic N) is 2. The summed E-state index contributed by atoms with van der Waals surface area (Å²) in [5.74, 6) is 0.732. The average molecular weight is 290 g/mol. The zero-order chi connectivity index (χ0) is 12.4. The zero-order valence-corrected chi connectivity index (χ0v) is 11.0. The Morgan fingerprint density at radius 1 is 1.12 bits per heavy atom. The highest BCUT2D eigenvalue weighted by Gasteiger charge is 2.10. The van der Waals surface area contributed by atoms with Crippen LogP contribution in [0.3, 0.4) is 0 Å². The van der Waals surface area contributed by atoms with Crippen molar-refractivity contribution in [2.24, 2.45) is 0 Å². The molecule has 2 aromatic heterocycles. The molecule has 0 aliphatic rings. The van der Waals surface area contributed by atoms with Gasteiger partial charge in [0.1, 0.15) is 10.8 Å². The summed E-state index contributed by atoms with van der Waals surface area (Å²) in [6.07, 6.45) is 1.58.